The lowest BCUT2D eigenvalue weighted by molar-refractivity contribution is -0.117. The molecule has 4 N–H and O–H groups in total. The van der Waals surface area contributed by atoms with Crippen LogP contribution in [0, 0.1) is 5.92 Å². The Morgan fingerprint density at radius 3 is 2.88 bits per heavy atom. The van der Waals surface area contributed by atoms with Crippen molar-refractivity contribution in [1.29, 1.82) is 0 Å². The lowest BCUT2D eigenvalue weighted by Gasteiger charge is -2.12. The van der Waals surface area contributed by atoms with Gasteiger partial charge in [0.15, 0.2) is 5.82 Å². The number of nitrogens with one attached hydrogen (secondary N) is 2. The number of nitrogens with two attached hydrogens (primary N) is 1. The Labute approximate surface area is 102 Å². The molecule has 0 bridgehead atoms. The number of amides is 1. The number of aryl methyl sites for hydroxylation is 1. The fourth-order valence-corrected chi connectivity index (χ4v) is 1.66. The molecule has 1 atom stereocenters. The molecule has 1 unspecified atom stereocenters. The van der Waals surface area contributed by atoms with E-state index in [1.807, 2.05) is 19.9 Å². The van der Waals surface area contributed by atoms with Gasteiger partial charge in [0.2, 0.25) is 5.91 Å². The van der Waals surface area contributed by atoms with Crippen LogP contribution in [0.3, 0.4) is 0 Å². The Morgan fingerprint density at radius 1 is 1.59 bits per heavy atom. The van der Waals surface area contributed by atoms with Gasteiger partial charge in [0.25, 0.3) is 0 Å². The van der Waals surface area contributed by atoms with Crippen LogP contribution in [-0.2, 0) is 11.2 Å². The maximum atomic E-state index is 11.7. The third-order valence-corrected chi connectivity index (χ3v) is 2.46. The molecule has 0 saturated heterocycles. The van der Waals surface area contributed by atoms with Crippen LogP contribution in [0.2, 0.25) is 0 Å². The van der Waals surface area contributed by atoms with Gasteiger partial charge in [-0.25, -0.2) is 0 Å². The predicted molar refractivity (Wildman–Crippen MR) is 68.6 cm³/mol. The molecule has 0 radical (unpaired) electrons. The third-order valence-electron chi connectivity index (χ3n) is 2.46. The maximum absolute atomic E-state index is 11.7. The Hall–Kier alpha value is -1.36. The van der Waals surface area contributed by atoms with Crippen LogP contribution in [-0.4, -0.2) is 22.1 Å². The summed E-state index contributed by atoms with van der Waals surface area (Å²) in [6.07, 6.45) is 2.65. The molecule has 1 rings (SSSR count). The zero-order valence-electron chi connectivity index (χ0n) is 10.8. The van der Waals surface area contributed by atoms with Gasteiger partial charge in [-0.15, -0.1) is 0 Å². The number of carbonyl (C=O) groups is 1. The number of hydrogen-bond acceptors (Lipinski definition) is 3. The van der Waals surface area contributed by atoms with Crippen molar-refractivity contribution in [3.8, 4) is 0 Å². The van der Waals surface area contributed by atoms with Gasteiger partial charge in [0, 0.05) is 11.8 Å². The topological polar surface area (TPSA) is 83.8 Å². The molecule has 1 amide bonds. The summed E-state index contributed by atoms with van der Waals surface area (Å²) in [4.78, 5) is 11.7. The quantitative estimate of drug-likeness (QED) is 0.705. The molecule has 5 nitrogen and oxygen atoms in total. The molecule has 0 spiro atoms. The number of anilines is 1. The summed E-state index contributed by atoms with van der Waals surface area (Å²) in [5.74, 6) is 0.788. The van der Waals surface area contributed by atoms with E-state index >= 15 is 0 Å². The predicted octanol–water partition coefficient (Wildman–Crippen LogP) is 1.67. The van der Waals surface area contributed by atoms with E-state index in [9.17, 15) is 4.79 Å². The second-order valence-corrected chi connectivity index (χ2v) is 4.75. The number of nitrogens with zero attached hydrogens (tertiary/aromatic N) is 1. The Kier molecular flexibility index (Phi) is 5.15. The molecule has 1 aromatic heterocycles. The van der Waals surface area contributed by atoms with Crippen molar-refractivity contribution in [2.75, 3.05) is 5.32 Å². The summed E-state index contributed by atoms with van der Waals surface area (Å²) in [5, 5.41) is 9.63. The van der Waals surface area contributed by atoms with Gasteiger partial charge < -0.3 is 11.1 Å². The number of aromatic amines is 1. The molecule has 0 aliphatic carbocycles. The number of carbonyl (C=O) groups excluding carboxylic acids is 1. The second-order valence-electron chi connectivity index (χ2n) is 4.75. The van der Waals surface area contributed by atoms with Gasteiger partial charge in [-0.05, 0) is 18.8 Å². The average Bonchev–Trinajstić information content (AvgIpc) is 2.65. The molecular weight excluding hydrogens is 216 g/mol. The van der Waals surface area contributed by atoms with E-state index in [0.717, 1.165) is 18.5 Å². The number of H-pyrrole nitrogens is 1. The minimum Gasteiger partial charge on any atom is -0.320 e. The zero-order valence-corrected chi connectivity index (χ0v) is 10.8. The first-order valence-corrected chi connectivity index (χ1v) is 6.13. The normalized spacial score (nSPS) is 12.8. The van der Waals surface area contributed by atoms with E-state index in [0.29, 0.717) is 18.2 Å². The summed E-state index contributed by atoms with van der Waals surface area (Å²) >= 11 is 0. The molecule has 0 fully saturated rings. The molecule has 0 aliphatic rings. The van der Waals surface area contributed by atoms with E-state index in [2.05, 4.69) is 22.4 Å². The largest absolute Gasteiger partial charge is 0.320 e. The van der Waals surface area contributed by atoms with Crippen LogP contribution in [0.15, 0.2) is 6.07 Å². The Balaban J connectivity index is 2.49. The van der Waals surface area contributed by atoms with Crippen molar-refractivity contribution in [2.24, 2.45) is 11.7 Å². The van der Waals surface area contributed by atoms with Crippen LogP contribution in [0.5, 0.6) is 0 Å². The summed E-state index contributed by atoms with van der Waals surface area (Å²) in [7, 11) is 0. The number of aromatic nitrogens is 2. The number of hydrogen-bond donors (Lipinski definition) is 3. The van der Waals surface area contributed by atoms with Gasteiger partial charge in [-0.3, -0.25) is 9.89 Å². The fourth-order valence-electron chi connectivity index (χ4n) is 1.66. The molecule has 17 heavy (non-hydrogen) atoms. The molecular formula is C12H22N4O. The van der Waals surface area contributed by atoms with E-state index in [4.69, 9.17) is 5.73 Å². The van der Waals surface area contributed by atoms with E-state index in [-0.39, 0.29) is 5.91 Å². The van der Waals surface area contributed by atoms with Gasteiger partial charge in [-0.1, -0.05) is 27.2 Å². The molecule has 96 valence electrons. The average molecular weight is 238 g/mol. The Bertz CT molecular complexity index is 359. The fraction of sp³-hybridized carbons (Fsp3) is 0.667. The first kappa shape index (κ1) is 13.7. The van der Waals surface area contributed by atoms with Gasteiger partial charge in [0.05, 0.1) is 6.04 Å². The monoisotopic (exact) mass is 238 g/mol. The highest BCUT2D eigenvalue weighted by Crippen LogP contribution is 2.09. The minimum atomic E-state index is -0.471. The van der Waals surface area contributed by atoms with Crippen molar-refractivity contribution in [2.45, 2.75) is 46.1 Å². The first-order valence-electron chi connectivity index (χ1n) is 6.13. The van der Waals surface area contributed by atoms with Crippen LogP contribution in [0.25, 0.3) is 0 Å². The first-order chi connectivity index (χ1) is 8.02. The highest BCUT2D eigenvalue weighted by molar-refractivity contribution is 5.93. The van der Waals surface area contributed by atoms with Crippen LogP contribution < -0.4 is 11.1 Å². The van der Waals surface area contributed by atoms with Crippen molar-refractivity contribution < 1.29 is 4.79 Å². The van der Waals surface area contributed by atoms with E-state index in [1.54, 1.807) is 0 Å². The van der Waals surface area contributed by atoms with Crippen molar-refractivity contribution in [1.82, 2.24) is 10.2 Å². The van der Waals surface area contributed by atoms with Crippen LogP contribution in [0.4, 0.5) is 5.82 Å². The molecule has 0 saturated carbocycles. The summed E-state index contributed by atoms with van der Waals surface area (Å²) in [6, 6.07) is 1.38. The lowest BCUT2D eigenvalue weighted by atomic mass is 10.0. The maximum Gasteiger partial charge on any atom is 0.242 e. The van der Waals surface area contributed by atoms with Crippen LogP contribution in [0.1, 0.15) is 39.3 Å². The SMILES string of the molecule is CCCc1cc(NC(=O)C(N)CC(C)C)n[nH]1. The van der Waals surface area contributed by atoms with Crippen molar-refractivity contribution in [3.63, 3.8) is 0 Å². The van der Waals surface area contributed by atoms with Crippen LogP contribution >= 0.6 is 0 Å². The van der Waals surface area contributed by atoms with Crippen molar-refractivity contribution in [3.05, 3.63) is 11.8 Å². The highest BCUT2D eigenvalue weighted by atomic mass is 16.2. The Morgan fingerprint density at radius 2 is 2.29 bits per heavy atom. The van der Waals surface area contributed by atoms with Crippen molar-refractivity contribution >= 4 is 11.7 Å². The standard InChI is InChI=1S/C12H22N4O/c1-4-5-9-7-11(16-15-9)14-12(17)10(13)6-8(2)3/h7-8,10H,4-6,13H2,1-3H3,(H2,14,15,16,17). The number of rotatable bonds is 6. The smallest absolute Gasteiger partial charge is 0.242 e. The lowest BCUT2D eigenvalue weighted by Crippen LogP contribution is -2.36. The second kappa shape index (κ2) is 6.39. The summed E-state index contributed by atoms with van der Waals surface area (Å²) in [5.41, 5.74) is 6.81. The highest BCUT2D eigenvalue weighted by Gasteiger charge is 2.15. The molecule has 1 heterocycles. The summed E-state index contributed by atoms with van der Waals surface area (Å²) < 4.78 is 0. The van der Waals surface area contributed by atoms with E-state index in [1.165, 1.54) is 0 Å². The van der Waals surface area contributed by atoms with E-state index < -0.39 is 6.04 Å². The third kappa shape index (κ3) is 4.56. The molecule has 1 aromatic rings. The van der Waals surface area contributed by atoms with Gasteiger partial charge >= 0.3 is 0 Å². The zero-order chi connectivity index (χ0) is 12.8. The molecule has 0 aromatic carbocycles. The molecule has 0 aliphatic heterocycles. The van der Waals surface area contributed by atoms with Gasteiger partial charge in [0.1, 0.15) is 0 Å². The van der Waals surface area contributed by atoms with Gasteiger partial charge in [-0.2, -0.15) is 5.10 Å². The minimum absolute atomic E-state index is 0.173. The molecule has 5 heteroatoms. The summed E-state index contributed by atoms with van der Waals surface area (Å²) in [6.45, 7) is 6.18.